The lowest BCUT2D eigenvalue weighted by Crippen LogP contribution is -2.50. The van der Waals surface area contributed by atoms with E-state index in [1.54, 1.807) is 4.90 Å². The van der Waals surface area contributed by atoms with E-state index in [2.05, 4.69) is 0 Å². The van der Waals surface area contributed by atoms with Crippen molar-refractivity contribution in [2.75, 3.05) is 39.0 Å². The Bertz CT molecular complexity index is 320. The maximum absolute atomic E-state index is 11.4. The molecule has 1 fully saturated rings. The first-order valence-electron chi connectivity index (χ1n) is 4.79. The van der Waals surface area contributed by atoms with Crippen molar-refractivity contribution in [1.29, 1.82) is 0 Å². The van der Waals surface area contributed by atoms with Crippen LogP contribution in [-0.4, -0.2) is 67.7 Å². The Morgan fingerprint density at radius 1 is 1.27 bits per heavy atom. The van der Waals surface area contributed by atoms with Crippen molar-refractivity contribution in [1.82, 2.24) is 9.21 Å². The summed E-state index contributed by atoms with van der Waals surface area (Å²) in [7, 11) is -3.14. The number of carbonyl (C=O) groups is 1. The summed E-state index contributed by atoms with van der Waals surface area (Å²) < 4.78 is 23.7. The number of piperazine rings is 1. The average molecular weight is 236 g/mol. The summed E-state index contributed by atoms with van der Waals surface area (Å²) in [6.45, 7) is 1.34. The molecule has 1 rings (SSSR count). The third-order valence-corrected chi connectivity index (χ3v) is 3.69. The van der Waals surface area contributed by atoms with Crippen molar-refractivity contribution < 1.29 is 18.3 Å². The predicted octanol–water partition coefficient (Wildman–Crippen LogP) is -1.53. The highest BCUT2D eigenvalue weighted by molar-refractivity contribution is 7.88. The fourth-order valence-electron chi connectivity index (χ4n) is 1.52. The van der Waals surface area contributed by atoms with Crippen molar-refractivity contribution >= 4 is 15.9 Å². The van der Waals surface area contributed by atoms with Crippen LogP contribution in [0.2, 0.25) is 0 Å². The molecule has 15 heavy (non-hydrogen) atoms. The molecule has 0 radical (unpaired) electrons. The van der Waals surface area contributed by atoms with Crippen LogP contribution >= 0.6 is 0 Å². The molecule has 0 aromatic carbocycles. The van der Waals surface area contributed by atoms with E-state index in [0.717, 1.165) is 6.26 Å². The number of carbonyl (C=O) groups excluding carboxylic acids is 1. The standard InChI is InChI=1S/C8H16N2O4S/c1-15(13,14)10-5-3-9(4-6-10)8(12)2-7-11/h11H,2-7H2,1H3. The van der Waals surface area contributed by atoms with E-state index in [0.29, 0.717) is 26.2 Å². The van der Waals surface area contributed by atoms with Gasteiger partial charge in [-0.2, -0.15) is 4.31 Å². The van der Waals surface area contributed by atoms with Gasteiger partial charge in [-0.1, -0.05) is 0 Å². The van der Waals surface area contributed by atoms with E-state index in [1.165, 1.54) is 4.31 Å². The summed E-state index contributed by atoms with van der Waals surface area (Å²) in [5, 5.41) is 8.59. The third-order valence-electron chi connectivity index (χ3n) is 2.39. The summed E-state index contributed by atoms with van der Waals surface area (Å²) >= 11 is 0. The molecule has 1 heterocycles. The monoisotopic (exact) mass is 236 g/mol. The molecule has 0 aliphatic carbocycles. The minimum Gasteiger partial charge on any atom is -0.396 e. The molecular formula is C8H16N2O4S. The lowest BCUT2D eigenvalue weighted by Gasteiger charge is -2.33. The summed E-state index contributed by atoms with van der Waals surface area (Å²) in [4.78, 5) is 12.9. The van der Waals surface area contributed by atoms with Gasteiger partial charge in [0.15, 0.2) is 0 Å². The molecular weight excluding hydrogens is 220 g/mol. The van der Waals surface area contributed by atoms with Gasteiger partial charge in [0.25, 0.3) is 0 Å². The largest absolute Gasteiger partial charge is 0.396 e. The molecule has 1 N–H and O–H groups in total. The zero-order chi connectivity index (χ0) is 11.5. The van der Waals surface area contributed by atoms with Gasteiger partial charge in [0, 0.05) is 32.6 Å². The van der Waals surface area contributed by atoms with Crippen LogP contribution in [0.4, 0.5) is 0 Å². The number of hydrogen-bond acceptors (Lipinski definition) is 4. The Morgan fingerprint density at radius 3 is 2.20 bits per heavy atom. The minimum absolute atomic E-state index is 0.110. The molecule has 0 aromatic rings. The molecule has 0 spiro atoms. The average Bonchev–Trinajstić information content (AvgIpc) is 2.17. The molecule has 7 heteroatoms. The maximum atomic E-state index is 11.4. The molecule has 0 aromatic heterocycles. The number of nitrogens with zero attached hydrogens (tertiary/aromatic N) is 2. The Hall–Kier alpha value is -0.660. The van der Waals surface area contributed by atoms with Crippen molar-refractivity contribution in [3.63, 3.8) is 0 Å². The van der Waals surface area contributed by atoms with E-state index in [4.69, 9.17) is 5.11 Å². The van der Waals surface area contributed by atoms with Crippen LogP contribution in [0.25, 0.3) is 0 Å². The second-order valence-electron chi connectivity index (χ2n) is 3.52. The molecule has 0 unspecified atom stereocenters. The lowest BCUT2D eigenvalue weighted by molar-refractivity contribution is -0.133. The van der Waals surface area contributed by atoms with Gasteiger partial charge in [0.05, 0.1) is 12.9 Å². The number of aliphatic hydroxyl groups excluding tert-OH is 1. The number of hydrogen-bond donors (Lipinski definition) is 1. The second kappa shape index (κ2) is 4.91. The molecule has 0 atom stereocenters. The predicted molar refractivity (Wildman–Crippen MR) is 54.7 cm³/mol. The molecule has 0 bridgehead atoms. The maximum Gasteiger partial charge on any atom is 0.224 e. The Morgan fingerprint density at radius 2 is 1.80 bits per heavy atom. The zero-order valence-corrected chi connectivity index (χ0v) is 9.53. The molecule has 0 saturated carbocycles. The minimum atomic E-state index is -3.14. The molecule has 1 saturated heterocycles. The first kappa shape index (κ1) is 12.4. The Balaban J connectivity index is 2.46. The highest BCUT2D eigenvalue weighted by Crippen LogP contribution is 2.06. The molecule has 1 amide bonds. The van der Waals surface area contributed by atoms with Gasteiger partial charge in [-0.15, -0.1) is 0 Å². The van der Waals surface area contributed by atoms with Crippen molar-refractivity contribution in [2.45, 2.75) is 6.42 Å². The van der Waals surface area contributed by atoms with E-state index >= 15 is 0 Å². The molecule has 1 aliphatic rings. The summed E-state index contributed by atoms with van der Waals surface area (Å²) in [6, 6.07) is 0. The first-order chi connectivity index (χ1) is 6.95. The van der Waals surface area contributed by atoms with E-state index < -0.39 is 10.0 Å². The van der Waals surface area contributed by atoms with Crippen molar-refractivity contribution in [2.24, 2.45) is 0 Å². The first-order valence-corrected chi connectivity index (χ1v) is 6.63. The van der Waals surface area contributed by atoms with Crippen molar-refractivity contribution in [3.05, 3.63) is 0 Å². The zero-order valence-electron chi connectivity index (χ0n) is 8.72. The van der Waals surface area contributed by atoms with Crippen LogP contribution in [0.1, 0.15) is 6.42 Å². The number of aliphatic hydroxyl groups is 1. The Kier molecular flexibility index (Phi) is 4.06. The van der Waals surface area contributed by atoms with Gasteiger partial charge in [0.2, 0.25) is 15.9 Å². The van der Waals surface area contributed by atoms with Crippen molar-refractivity contribution in [3.8, 4) is 0 Å². The number of amides is 1. The van der Waals surface area contributed by atoms with Gasteiger partial charge in [-0.3, -0.25) is 4.79 Å². The number of sulfonamides is 1. The van der Waals surface area contributed by atoms with Gasteiger partial charge in [-0.05, 0) is 0 Å². The fraction of sp³-hybridized carbons (Fsp3) is 0.875. The van der Waals surface area contributed by atoms with Gasteiger partial charge in [0.1, 0.15) is 0 Å². The smallest absolute Gasteiger partial charge is 0.224 e. The van der Waals surface area contributed by atoms with Gasteiger partial charge >= 0.3 is 0 Å². The molecule has 1 aliphatic heterocycles. The van der Waals surface area contributed by atoms with Crippen LogP contribution in [0, 0.1) is 0 Å². The van der Waals surface area contributed by atoms with E-state index in [9.17, 15) is 13.2 Å². The third kappa shape index (κ3) is 3.44. The quantitative estimate of drug-likeness (QED) is 0.645. The molecule has 6 nitrogen and oxygen atoms in total. The van der Waals surface area contributed by atoms with Gasteiger partial charge in [-0.25, -0.2) is 8.42 Å². The van der Waals surface area contributed by atoms with Crippen LogP contribution in [0.15, 0.2) is 0 Å². The Labute approximate surface area is 89.5 Å². The fourth-order valence-corrected chi connectivity index (χ4v) is 2.35. The van der Waals surface area contributed by atoms with Gasteiger partial charge < -0.3 is 10.0 Å². The SMILES string of the molecule is CS(=O)(=O)N1CCN(C(=O)CCO)CC1. The lowest BCUT2D eigenvalue weighted by atomic mass is 10.3. The molecule has 88 valence electrons. The van der Waals surface area contributed by atoms with E-state index in [-0.39, 0.29) is 18.9 Å². The highest BCUT2D eigenvalue weighted by atomic mass is 32.2. The normalized spacial score (nSPS) is 19.2. The highest BCUT2D eigenvalue weighted by Gasteiger charge is 2.25. The summed E-state index contributed by atoms with van der Waals surface area (Å²) in [5.74, 6) is -0.120. The summed E-state index contributed by atoms with van der Waals surface area (Å²) in [5.41, 5.74) is 0. The topological polar surface area (TPSA) is 77.9 Å². The van der Waals surface area contributed by atoms with Crippen LogP contribution in [0.3, 0.4) is 0 Å². The van der Waals surface area contributed by atoms with E-state index in [1.807, 2.05) is 0 Å². The van der Waals surface area contributed by atoms with Crippen LogP contribution in [0.5, 0.6) is 0 Å². The van der Waals surface area contributed by atoms with Crippen LogP contribution < -0.4 is 0 Å². The second-order valence-corrected chi connectivity index (χ2v) is 5.50. The van der Waals surface area contributed by atoms with Crippen LogP contribution in [-0.2, 0) is 14.8 Å². The number of rotatable bonds is 3. The summed E-state index contributed by atoms with van der Waals surface area (Å²) in [6.07, 6.45) is 1.27.